The molecule has 116 valence electrons. The van der Waals surface area contributed by atoms with Crippen molar-refractivity contribution in [3.8, 4) is 0 Å². The minimum atomic E-state index is -1.04. The third-order valence-electron chi connectivity index (χ3n) is 3.72. The van der Waals surface area contributed by atoms with E-state index >= 15 is 0 Å². The van der Waals surface area contributed by atoms with Gasteiger partial charge in [-0.25, -0.2) is 0 Å². The maximum absolute atomic E-state index is 10.8. The molecule has 1 saturated carbocycles. The van der Waals surface area contributed by atoms with E-state index in [9.17, 15) is 9.59 Å². The first-order valence-corrected chi connectivity index (χ1v) is 7.24. The highest BCUT2D eigenvalue weighted by Gasteiger charge is 2.18. The van der Waals surface area contributed by atoms with Crippen LogP contribution in [0.25, 0.3) is 0 Å². The van der Waals surface area contributed by atoms with Crippen LogP contribution in [-0.4, -0.2) is 49.9 Å². The van der Waals surface area contributed by atoms with E-state index < -0.39 is 11.9 Å². The van der Waals surface area contributed by atoms with Gasteiger partial charge in [0, 0.05) is 12.7 Å². The van der Waals surface area contributed by atoms with Gasteiger partial charge in [-0.1, -0.05) is 19.3 Å². The maximum atomic E-state index is 10.8. The molecule has 1 aromatic heterocycles. The number of carbonyl (C=O) groups is 2. The van der Waals surface area contributed by atoms with Gasteiger partial charge in [0.2, 0.25) is 0 Å². The molecule has 0 radical (unpaired) electrons. The molecule has 0 saturated heterocycles. The minimum Gasteiger partial charge on any atom is -0.480 e. The third-order valence-corrected chi connectivity index (χ3v) is 3.72. The van der Waals surface area contributed by atoms with Crippen molar-refractivity contribution in [1.29, 1.82) is 0 Å². The zero-order chi connectivity index (χ0) is 15.2. The maximum Gasteiger partial charge on any atom is 0.317 e. The van der Waals surface area contributed by atoms with E-state index in [1.54, 1.807) is 0 Å². The van der Waals surface area contributed by atoms with Crippen LogP contribution in [0.4, 0.5) is 0 Å². The van der Waals surface area contributed by atoms with Crippen LogP contribution in [0.1, 0.15) is 43.8 Å². The van der Waals surface area contributed by atoms with Crippen molar-refractivity contribution < 1.29 is 19.8 Å². The molecule has 1 heterocycles. The van der Waals surface area contributed by atoms with Crippen LogP contribution in [0.5, 0.6) is 0 Å². The first kappa shape index (κ1) is 15.5. The quantitative estimate of drug-likeness (QED) is 0.788. The fraction of sp³-hybridized carbons (Fsp3) is 0.643. The van der Waals surface area contributed by atoms with Gasteiger partial charge in [-0.05, 0) is 18.9 Å². The topological polar surface area (TPSA) is 95.7 Å². The summed E-state index contributed by atoms with van der Waals surface area (Å²) in [5.74, 6) is -2.08. The van der Waals surface area contributed by atoms with Crippen molar-refractivity contribution >= 4 is 11.9 Å². The third kappa shape index (κ3) is 4.86. The smallest absolute Gasteiger partial charge is 0.317 e. The van der Waals surface area contributed by atoms with Gasteiger partial charge in [-0.2, -0.15) is 5.10 Å². The molecular formula is C14H21N3O4. The van der Waals surface area contributed by atoms with Crippen LogP contribution >= 0.6 is 0 Å². The minimum absolute atomic E-state index is 0.234. The zero-order valence-corrected chi connectivity index (χ0v) is 11.9. The Kier molecular flexibility index (Phi) is 5.32. The lowest BCUT2D eigenvalue weighted by Gasteiger charge is -2.22. The molecule has 21 heavy (non-hydrogen) atoms. The molecule has 0 aliphatic heterocycles. The van der Waals surface area contributed by atoms with Crippen LogP contribution in [0, 0.1) is 0 Å². The molecule has 2 N–H and O–H groups in total. The molecule has 0 atom stereocenters. The van der Waals surface area contributed by atoms with Gasteiger partial charge >= 0.3 is 11.9 Å². The summed E-state index contributed by atoms with van der Waals surface area (Å²) in [6.07, 6.45) is 7.85. The van der Waals surface area contributed by atoms with Crippen LogP contribution in [-0.2, 0) is 16.1 Å². The molecule has 0 spiro atoms. The van der Waals surface area contributed by atoms with Gasteiger partial charge in [0.25, 0.3) is 0 Å². The van der Waals surface area contributed by atoms with Crippen molar-refractivity contribution in [3.05, 3.63) is 18.0 Å². The molecule has 1 aromatic rings. The summed E-state index contributed by atoms with van der Waals surface area (Å²) in [6, 6.07) is 2.26. The van der Waals surface area contributed by atoms with Gasteiger partial charge in [-0.3, -0.25) is 19.2 Å². The van der Waals surface area contributed by atoms with E-state index in [1.807, 2.05) is 16.9 Å². The Morgan fingerprint density at radius 1 is 1.19 bits per heavy atom. The molecular weight excluding hydrogens is 274 g/mol. The molecule has 7 nitrogen and oxygen atoms in total. The lowest BCUT2D eigenvalue weighted by Crippen LogP contribution is -2.34. The summed E-state index contributed by atoms with van der Waals surface area (Å²) < 4.78 is 1.94. The highest BCUT2D eigenvalue weighted by Crippen LogP contribution is 2.27. The summed E-state index contributed by atoms with van der Waals surface area (Å²) in [7, 11) is 0. The van der Waals surface area contributed by atoms with E-state index in [4.69, 9.17) is 10.2 Å². The summed E-state index contributed by atoms with van der Waals surface area (Å²) >= 11 is 0. The zero-order valence-electron chi connectivity index (χ0n) is 11.9. The van der Waals surface area contributed by atoms with Crippen molar-refractivity contribution in [2.45, 2.75) is 44.7 Å². The van der Waals surface area contributed by atoms with Crippen molar-refractivity contribution in [2.75, 3.05) is 13.1 Å². The van der Waals surface area contributed by atoms with Gasteiger partial charge in [0.05, 0.1) is 24.8 Å². The van der Waals surface area contributed by atoms with E-state index in [1.165, 1.54) is 24.2 Å². The Hall–Kier alpha value is -1.89. The molecule has 1 aliphatic rings. The van der Waals surface area contributed by atoms with Gasteiger partial charge < -0.3 is 10.2 Å². The van der Waals surface area contributed by atoms with Gasteiger partial charge in [-0.15, -0.1) is 0 Å². The van der Waals surface area contributed by atoms with Crippen LogP contribution in [0.3, 0.4) is 0 Å². The highest BCUT2D eigenvalue weighted by atomic mass is 16.4. The lowest BCUT2D eigenvalue weighted by molar-refractivity contribution is -0.142. The Balaban J connectivity index is 1.98. The number of aliphatic carboxylic acids is 2. The summed E-state index contributed by atoms with van der Waals surface area (Å²) in [6.45, 7) is -0.372. The number of carboxylic acids is 2. The first-order valence-electron chi connectivity index (χ1n) is 7.24. The number of rotatable bonds is 7. The van der Waals surface area contributed by atoms with Crippen LogP contribution < -0.4 is 0 Å². The van der Waals surface area contributed by atoms with Crippen molar-refractivity contribution in [1.82, 2.24) is 14.7 Å². The number of hydrogen-bond acceptors (Lipinski definition) is 4. The normalized spacial score (nSPS) is 16.2. The summed E-state index contributed by atoms with van der Waals surface area (Å²) in [5, 5.41) is 22.1. The molecule has 2 rings (SSSR count). The van der Waals surface area contributed by atoms with E-state index in [2.05, 4.69) is 5.10 Å². The lowest BCUT2D eigenvalue weighted by atomic mass is 9.96. The molecule has 0 bridgehead atoms. The molecule has 7 heteroatoms. The van der Waals surface area contributed by atoms with E-state index in [-0.39, 0.29) is 19.6 Å². The Bertz CT molecular complexity index is 478. The average molecular weight is 295 g/mol. The molecule has 1 fully saturated rings. The Morgan fingerprint density at radius 3 is 2.38 bits per heavy atom. The van der Waals surface area contributed by atoms with E-state index in [0.29, 0.717) is 11.7 Å². The summed E-state index contributed by atoms with van der Waals surface area (Å²) in [5.41, 5.74) is 0.711. The number of aromatic nitrogens is 2. The second kappa shape index (κ2) is 7.21. The first-order chi connectivity index (χ1) is 10.0. The molecule has 0 amide bonds. The molecule has 0 unspecified atom stereocenters. The van der Waals surface area contributed by atoms with Crippen LogP contribution in [0.2, 0.25) is 0 Å². The number of hydrogen-bond donors (Lipinski definition) is 2. The fourth-order valence-corrected chi connectivity index (χ4v) is 2.79. The summed E-state index contributed by atoms with van der Waals surface area (Å²) in [4.78, 5) is 22.9. The second-order valence-electron chi connectivity index (χ2n) is 5.51. The highest BCUT2D eigenvalue weighted by molar-refractivity contribution is 5.72. The molecule has 1 aliphatic carbocycles. The monoisotopic (exact) mass is 295 g/mol. The van der Waals surface area contributed by atoms with Crippen molar-refractivity contribution in [2.24, 2.45) is 0 Å². The second-order valence-corrected chi connectivity index (χ2v) is 5.51. The Morgan fingerprint density at radius 2 is 1.81 bits per heavy atom. The fourth-order valence-electron chi connectivity index (χ4n) is 2.79. The molecule has 0 aromatic carbocycles. The van der Waals surface area contributed by atoms with E-state index in [0.717, 1.165) is 12.8 Å². The average Bonchev–Trinajstić information content (AvgIpc) is 2.86. The SMILES string of the molecule is O=C(O)CN(CC(=O)O)Cc1ccn(C2CCCCC2)n1. The largest absolute Gasteiger partial charge is 0.480 e. The van der Waals surface area contributed by atoms with Gasteiger partial charge in [0.15, 0.2) is 0 Å². The Labute approximate surface area is 123 Å². The standard InChI is InChI=1S/C14H21N3O4/c18-13(19)9-16(10-14(20)21)8-11-6-7-17(15-11)12-4-2-1-3-5-12/h6-7,12H,1-5,8-10H2,(H,18,19)(H,20,21). The van der Waals surface area contributed by atoms with Crippen LogP contribution in [0.15, 0.2) is 12.3 Å². The number of carboxylic acid groups (broad SMARTS) is 2. The van der Waals surface area contributed by atoms with Gasteiger partial charge in [0.1, 0.15) is 0 Å². The number of nitrogens with zero attached hydrogens (tertiary/aromatic N) is 3. The van der Waals surface area contributed by atoms with Crippen molar-refractivity contribution in [3.63, 3.8) is 0 Å². The predicted molar refractivity (Wildman–Crippen MR) is 74.9 cm³/mol. The predicted octanol–water partition coefficient (Wildman–Crippen LogP) is 1.36.